The van der Waals surface area contributed by atoms with Crippen molar-refractivity contribution in [2.24, 2.45) is 7.05 Å². The lowest BCUT2D eigenvalue weighted by molar-refractivity contribution is 0.0946. The third-order valence-corrected chi connectivity index (χ3v) is 3.12. The van der Waals surface area contributed by atoms with E-state index in [9.17, 15) is 4.79 Å². The third kappa shape index (κ3) is 3.36. The molecule has 0 unspecified atom stereocenters. The number of nitrogen functional groups attached to an aromatic ring is 1. The van der Waals surface area contributed by atoms with Crippen LogP contribution in [0.2, 0.25) is 0 Å². The molecule has 2 aromatic heterocycles. The van der Waals surface area contributed by atoms with Crippen LogP contribution >= 0.6 is 0 Å². The first-order valence-electron chi connectivity index (χ1n) is 6.78. The van der Waals surface area contributed by atoms with Gasteiger partial charge in [-0.25, -0.2) is 9.97 Å². The van der Waals surface area contributed by atoms with Gasteiger partial charge in [-0.3, -0.25) is 9.48 Å². The maximum absolute atomic E-state index is 12.2. The second-order valence-electron chi connectivity index (χ2n) is 5.28. The second kappa shape index (κ2) is 5.90. The quantitative estimate of drug-likeness (QED) is 0.879. The summed E-state index contributed by atoms with van der Waals surface area (Å²) in [5, 5.41) is 7.05. The van der Waals surface area contributed by atoms with Crippen LogP contribution in [0.25, 0.3) is 0 Å². The molecule has 0 saturated carbocycles. The van der Waals surface area contributed by atoms with E-state index < -0.39 is 0 Å². The number of aryl methyl sites for hydroxylation is 2. The predicted octanol–water partition coefficient (Wildman–Crippen LogP) is 1.15. The molecule has 2 rings (SSSR count). The smallest absolute Gasteiger partial charge is 0.272 e. The van der Waals surface area contributed by atoms with Crippen LogP contribution < -0.4 is 11.1 Å². The Balaban J connectivity index is 2.13. The predicted molar refractivity (Wildman–Crippen MR) is 79.6 cm³/mol. The molecule has 2 aromatic rings. The molecule has 3 N–H and O–H groups in total. The molecular weight excluding hydrogens is 268 g/mol. The summed E-state index contributed by atoms with van der Waals surface area (Å²) in [6, 6.07) is 0. The highest BCUT2D eigenvalue weighted by Gasteiger charge is 2.15. The third-order valence-electron chi connectivity index (χ3n) is 3.12. The summed E-state index contributed by atoms with van der Waals surface area (Å²) in [6.07, 6.45) is 3.35. The van der Waals surface area contributed by atoms with Gasteiger partial charge < -0.3 is 11.1 Å². The van der Waals surface area contributed by atoms with E-state index in [1.165, 1.54) is 6.20 Å². The normalized spacial score (nSPS) is 10.9. The van der Waals surface area contributed by atoms with Crippen molar-refractivity contribution in [2.75, 3.05) is 5.73 Å². The minimum absolute atomic E-state index is 0.137. The van der Waals surface area contributed by atoms with E-state index in [0.29, 0.717) is 12.4 Å². The maximum Gasteiger partial charge on any atom is 0.272 e. The van der Waals surface area contributed by atoms with Crippen LogP contribution in [0.3, 0.4) is 0 Å². The Kier molecular flexibility index (Phi) is 4.21. The Morgan fingerprint density at radius 2 is 2.19 bits per heavy atom. The number of amides is 1. The summed E-state index contributed by atoms with van der Waals surface area (Å²) in [5.41, 5.74) is 8.13. The van der Waals surface area contributed by atoms with Crippen molar-refractivity contribution in [3.63, 3.8) is 0 Å². The summed E-state index contributed by atoms with van der Waals surface area (Å²) in [6.45, 7) is 6.22. The fourth-order valence-electron chi connectivity index (χ4n) is 1.95. The molecule has 0 aliphatic heterocycles. The molecule has 112 valence electrons. The lowest BCUT2D eigenvalue weighted by atomic mass is 10.2. The minimum Gasteiger partial charge on any atom is -0.396 e. The lowest BCUT2D eigenvalue weighted by Gasteiger charge is -2.09. The molecule has 0 saturated heterocycles. The van der Waals surface area contributed by atoms with E-state index in [1.54, 1.807) is 4.68 Å². The SMILES string of the molecule is Cc1nn(C)cc1CNC(=O)c1nc(C(C)C)ncc1N. The number of carbonyl (C=O) groups excluding carboxylic acids is 1. The highest BCUT2D eigenvalue weighted by atomic mass is 16.1. The average Bonchev–Trinajstić information content (AvgIpc) is 2.74. The molecule has 0 radical (unpaired) electrons. The van der Waals surface area contributed by atoms with Crippen LogP contribution in [0.4, 0.5) is 5.69 Å². The van der Waals surface area contributed by atoms with Gasteiger partial charge in [-0.1, -0.05) is 13.8 Å². The number of nitrogens with zero attached hydrogens (tertiary/aromatic N) is 4. The van der Waals surface area contributed by atoms with Gasteiger partial charge in [0.15, 0.2) is 5.69 Å². The van der Waals surface area contributed by atoms with Crippen LogP contribution in [-0.4, -0.2) is 25.7 Å². The van der Waals surface area contributed by atoms with Crippen molar-refractivity contribution in [1.82, 2.24) is 25.1 Å². The monoisotopic (exact) mass is 288 g/mol. The first-order valence-corrected chi connectivity index (χ1v) is 6.78. The lowest BCUT2D eigenvalue weighted by Crippen LogP contribution is -2.26. The van der Waals surface area contributed by atoms with Crippen molar-refractivity contribution in [2.45, 2.75) is 33.2 Å². The molecule has 1 amide bonds. The molecule has 2 heterocycles. The number of anilines is 1. The van der Waals surface area contributed by atoms with E-state index in [2.05, 4.69) is 20.4 Å². The van der Waals surface area contributed by atoms with E-state index in [0.717, 1.165) is 11.3 Å². The molecule has 21 heavy (non-hydrogen) atoms. The topological polar surface area (TPSA) is 98.7 Å². The number of nitrogens with one attached hydrogen (secondary N) is 1. The first kappa shape index (κ1) is 15.0. The number of hydrogen-bond acceptors (Lipinski definition) is 5. The largest absolute Gasteiger partial charge is 0.396 e. The summed E-state index contributed by atoms with van der Waals surface area (Å²) in [5.74, 6) is 0.435. The van der Waals surface area contributed by atoms with Gasteiger partial charge in [0.25, 0.3) is 5.91 Å². The zero-order valence-electron chi connectivity index (χ0n) is 12.7. The average molecular weight is 288 g/mol. The van der Waals surface area contributed by atoms with Gasteiger partial charge in [0, 0.05) is 31.3 Å². The molecule has 0 spiro atoms. The Morgan fingerprint density at radius 1 is 1.48 bits per heavy atom. The molecule has 0 aliphatic rings. The molecular formula is C14H20N6O. The number of hydrogen-bond donors (Lipinski definition) is 2. The van der Waals surface area contributed by atoms with Gasteiger partial charge in [0.2, 0.25) is 0 Å². The fraction of sp³-hybridized carbons (Fsp3) is 0.429. The number of aromatic nitrogens is 4. The van der Waals surface area contributed by atoms with Crippen molar-refractivity contribution < 1.29 is 4.79 Å². The zero-order valence-corrected chi connectivity index (χ0v) is 12.7. The van der Waals surface area contributed by atoms with Crippen molar-refractivity contribution in [1.29, 1.82) is 0 Å². The maximum atomic E-state index is 12.2. The Morgan fingerprint density at radius 3 is 2.76 bits per heavy atom. The Bertz CT molecular complexity index is 661. The Labute approximate surface area is 123 Å². The number of nitrogens with two attached hydrogens (primary N) is 1. The van der Waals surface area contributed by atoms with Crippen LogP contribution in [0, 0.1) is 6.92 Å². The molecule has 0 aliphatic carbocycles. The van der Waals surface area contributed by atoms with Crippen LogP contribution in [0.1, 0.15) is 47.3 Å². The van der Waals surface area contributed by atoms with Crippen LogP contribution in [0.5, 0.6) is 0 Å². The second-order valence-corrected chi connectivity index (χ2v) is 5.28. The van der Waals surface area contributed by atoms with Gasteiger partial charge in [0.05, 0.1) is 17.6 Å². The van der Waals surface area contributed by atoms with Crippen LogP contribution in [0.15, 0.2) is 12.4 Å². The highest BCUT2D eigenvalue weighted by molar-refractivity contribution is 5.96. The molecule has 0 atom stereocenters. The van der Waals surface area contributed by atoms with Crippen molar-refractivity contribution >= 4 is 11.6 Å². The highest BCUT2D eigenvalue weighted by Crippen LogP contribution is 2.13. The minimum atomic E-state index is -0.306. The number of carbonyl (C=O) groups is 1. The summed E-state index contributed by atoms with van der Waals surface area (Å²) in [7, 11) is 1.84. The van der Waals surface area contributed by atoms with Crippen molar-refractivity contribution in [3.05, 3.63) is 35.2 Å². The summed E-state index contributed by atoms with van der Waals surface area (Å²) < 4.78 is 1.72. The van der Waals surface area contributed by atoms with E-state index >= 15 is 0 Å². The Hall–Kier alpha value is -2.44. The van der Waals surface area contributed by atoms with Crippen LogP contribution in [-0.2, 0) is 13.6 Å². The van der Waals surface area contributed by atoms with Gasteiger partial charge >= 0.3 is 0 Å². The van der Waals surface area contributed by atoms with Gasteiger partial charge in [-0.05, 0) is 6.92 Å². The summed E-state index contributed by atoms with van der Waals surface area (Å²) >= 11 is 0. The molecule has 0 bridgehead atoms. The molecule has 7 nitrogen and oxygen atoms in total. The van der Waals surface area contributed by atoms with Gasteiger partial charge in [-0.2, -0.15) is 5.10 Å². The molecule has 0 fully saturated rings. The van der Waals surface area contributed by atoms with Crippen molar-refractivity contribution in [3.8, 4) is 0 Å². The van der Waals surface area contributed by atoms with E-state index in [4.69, 9.17) is 5.73 Å². The van der Waals surface area contributed by atoms with Gasteiger partial charge in [0.1, 0.15) is 5.82 Å². The molecule has 7 heteroatoms. The number of rotatable bonds is 4. The summed E-state index contributed by atoms with van der Waals surface area (Å²) in [4.78, 5) is 20.6. The van der Waals surface area contributed by atoms with E-state index in [-0.39, 0.29) is 23.2 Å². The fourth-order valence-corrected chi connectivity index (χ4v) is 1.95. The van der Waals surface area contributed by atoms with E-state index in [1.807, 2.05) is 34.0 Å². The zero-order chi connectivity index (χ0) is 15.6. The molecule has 0 aromatic carbocycles. The standard InChI is InChI=1S/C14H20N6O/c1-8(2)13-16-6-11(15)12(18-13)14(21)17-5-10-7-20(4)19-9(10)3/h6-8H,5,15H2,1-4H3,(H,17,21). The first-order chi connectivity index (χ1) is 9.88. The van der Waals surface area contributed by atoms with Gasteiger partial charge in [-0.15, -0.1) is 0 Å².